The molecule has 1 rings (SSSR count). The molecule has 0 amide bonds. The summed E-state index contributed by atoms with van der Waals surface area (Å²) in [5.74, 6) is 0.0536. The summed E-state index contributed by atoms with van der Waals surface area (Å²) in [7, 11) is 0. The van der Waals surface area contributed by atoms with Crippen LogP contribution in [0.1, 0.15) is 32.6 Å². The van der Waals surface area contributed by atoms with Crippen molar-refractivity contribution in [2.45, 2.75) is 38.7 Å². The molecule has 0 saturated carbocycles. The number of unbranched alkanes of at least 4 members (excludes halogenated alkanes) is 1. The van der Waals surface area contributed by atoms with E-state index in [0.29, 0.717) is 13.2 Å². The SMILES string of the molecule is C=CCOCC1CC(CCCC)C(=O)O1. The molecule has 15 heavy (non-hydrogen) atoms. The molecule has 3 nitrogen and oxygen atoms in total. The Bertz CT molecular complexity index is 213. The highest BCUT2D eigenvalue weighted by Crippen LogP contribution is 2.25. The highest BCUT2D eigenvalue weighted by Gasteiger charge is 2.33. The molecule has 1 saturated heterocycles. The summed E-state index contributed by atoms with van der Waals surface area (Å²) >= 11 is 0. The maximum Gasteiger partial charge on any atom is 0.309 e. The number of hydrogen-bond donors (Lipinski definition) is 0. The Balaban J connectivity index is 2.22. The molecule has 0 N–H and O–H groups in total. The lowest BCUT2D eigenvalue weighted by atomic mass is 9.99. The van der Waals surface area contributed by atoms with Crippen molar-refractivity contribution in [2.75, 3.05) is 13.2 Å². The minimum Gasteiger partial charge on any atom is -0.460 e. The van der Waals surface area contributed by atoms with Gasteiger partial charge in [-0.1, -0.05) is 25.8 Å². The van der Waals surface area contributed by atoms with Crippen LogP contribution in [0.4, 0.5) is 0 Å². The van der Waals surface area contributed by atoms with Gasteiger partial charge < -0.3 is 9.47 Å². The molecule has 0 bridgehead atoms. The van der Waals surface area contributed by atoms with E-state index in [2.05, 4.69) is 13.5 Å². The Morgan fingerprint density at radius 3 is 3.13 bits per heavy atom. The lowest BCUT2D eigenvalue weighted by Crippen LogP contribution is -2.14. The van der Waals surface area contributed by atoms with Crippen LogP contribution in [0.5, 0.6) is 0 Å². The van der Waals surface area contributed by atoms with E-state index < -0.39 is 0 Å². The Labute approximate surface area is 91.4 Å². The molecule has 0 aliphatic carbocycles. The first-order valence-corrected chi connectivity index (χ1v) is 5.67. The minimum atomic E-state index is -0.0457. The van der Waals surface area contributed by atoms with Gasteiger partial charge in [-0.15, -0.1) is 6.58 Å². The molecule has 2 atom stereocenters. The van der Waals surface area contributed by atoms with Crippen LogP contribution < -0.4 is 0 Å². The van der Waals surface area contributed by atoms with Gasteiger partial charge in [-0.2, -0.15) is 0 Å². The van der Waals surface area contributed by atoms with Crippen molar-refractivity contribution in [1.82, 2.24) is 0 Å². The van der Waals surface area contributed by atoms with Crippen molar-refractivity contribution in [2.24, 2.45) is 5.92 Å². The second-order valence-corrected chi connectivity index (χ2v) is 3.96. The first-order valence-electron chi connectivity index (χ1n) is 5.67. The minimum absolute atomic E-state index is 0.0423. The number of esters is 1. The second kappa shape index (κ2) is 6.62. The van der Waals surface area contributed by atoms with Crippen LogP contribution in [0.3, 0.4) is 0 Å². The third kappa shape index (κ3) is 4.04. The molecular weight excluding hydrogens is 192 g/mol. The Morgan fingerprint density at radius 2 is 2.47 bits per heavy atom. The largest absolute Gasteiger partial charge is 0.460 e. The Kier molecular flexibility index (Phi) is 5.40. The number of hydrogen-bond acceptors (Lipinski definition) is 3. The third-order valence-corrected chi connectivity index (χ3v) is 2.61. The molecule has 1 aliphatic heterocycles. The molecule has 1 heterocycles. The molecule has 0 aromatic rings. The van der Waals surface area contributed by atoms with E-state index in [4.69, 9.17) is 9.47 Å². The fourth-order valence-corrected chi connectivity index (χ4v) is 1.79. The molecule has 0 aromatic heterocycles. The van der Waals surface area contributed by atoms with Gasteiger partial charge in [0, 0.05) is 0 Å². The fourth-order valence-electron chi connectivity index (χ4n) is 1.79. The van der Waals surface area contributed by atoms with Gasteiger partial charge in [-0.25, -0.2) is 0 Å². The first kappa shape index (κ1) is 12.2. The van der Waals surface area contributed by atoms with Crippen molar-refractivity contribution in [1.29, 1.82) is 0 Å². The smallest absolute Gasteiger partial charge is 0.309 e. The third-order valence-electron chi connectivity index (χ3n) is 2.61. The molecule has 86 valence electrons. The topological polar surface area (TPSA) is 35.5 Å². The highest BCUT2D eigenvalue weighted by atomic mass is 16.6. The second-order valence-electron chi connectivity index (χ2n) is 3.96. The monoisotopic (exact) mass is 212 g/mol. The van der Waals surface area contributed by atoms with E-state index in [1.54, 1.807) is 6.08 Å². The predicted molar refractivity (Wildman–Crippen MR) is 58.5 cm³/mol. The zero-order valence-electron chi connectivity index (χ0n) is 9.41. The summed E-state index contributed by atoms with van der Waals surface area (Å²) < 4.78 is 10.5. The lowest BCUT2D eigenvalue weighted by Gasteiger charge is -2.07. The molecule has 1 aliphatic rings. The molecule has 3 heteroatoms. The first-order chi connectivity index (χ1) is 7.27. The average molecular weight is 212 g/mol. The Hall–Kier alpha value is -0.830. The number of rotatable bonds is 7. The van der Waals surface area contributed by atoms with Gasteiger partial charge in [0.05, 0.1) is 19.1 Å². The summed E-state index contributed by atoms with van der Waals surface area (Å²) in [6.45, 7) is 6.71. The maximum absolute atomic E-state index is 11.4. The van der Waals surface area contributed by atoms with Crippen molar-refractivity contribution >= 4 is 5.97 Å². The molecule has 0 spiro atoms. The van der Waals surface area contributed by atoms with E-state index in [0.717, 1.165) is 25.7 Å². The van der Waals surface area contributed by atoms with Crippen LogP contribution in [0.15, 0.2) is 12.7 Å². The summed E-state index contributed by atoms with van der Waals surface area (Å²) in [6, 6.07) is 0. The molecule has 1 fully saturated rings. The Morgan fingerprint density at radius 1 is 1.67 bits per heavy atom. The van der Waals surface area contributed by atoms with Crippen molar-refractivity contribution in [3.8, 4) is 0 Å². The quantitative estimate of drug-likeness (QED) is 0.369. The molecule has 2 unspecified atom stereocenters. The van der Waals surface area contributed by atoms with Crippen LogP contribution in [-0.4, -0.2) is 25.3 Å². The van der Waals surface area contributed by atoms with Crippen LogP contribution in [0, 0.1) is 5.92 Å². The van der Waals surface area contributed by atoms with E-state index in [1.807, 2.05) is 0 Å². The lowest BCUT2D eigenvalue weighted by molar-refractivity contribution is -0.146. The zero-order valence-corrected chi connectivity index (χ0v) is 9.41. The van der Waals surface area contributed by atoms with Crippen LogP contribution in [0.2, 0.25) is 0 Å². The summed E-state index contributed by atoms with van der Waals surface area (Å²) in [5, 5.41) is 0. The van der Waals surface area contributed by atoms with Gasteiger partial charge in [0.25, 0.3) is 0 Å². The van der Waals surface area contributed by atoms with Crippen molar-refractivity contribution in [3.63, 3.8) is 0 Å². The highest BCUT2D eigenvalue weighted by molar-refractivity contribution is 5.74. The average Bonchev–Trinajstić information content (AvgIpc) is 2.57. The van der Waals surface area contributed by atoms with Crippen LogP contribution in [-0.2, 0) is 14.3 Å². The molecule has 0 radical (unpaired) electrons. The van der Waals surface area contributed by atoms with Crippen LogP contribution in [0.25, 0.3) is 0 Å². The fraction of sp³-hybridized carbons (Fsp3) is 0.750. The van der Waals surface area contributed by atoms with Gasteiger partial charge in [-0.3, -0.25) is 4.79 Å². The summed E-state index contributed by atoms with van der Waals surface area (Å²) in [6.07, 6.45) is 5.65. The van der Waals surface area contributed by atoms with E-state index in [-0.39, 0.29) is 18.0 Å². The van der Waals surface area contributed by atoms with Gasteiger partial charge in [0.1, 0.15) is 6.10 Å². The number of cyclic esters (lactones) is 1. The number of ether oxygens (including phenoxy) is 2. The number of carbonyl (C=O) groups is 1. The normalized spacial score (nSPS) is 25.3. The van der Waals surface area contributed by atoms with E-state index in [9.17, 15) is 4.79 Å². The van der Waals surface area contributed by atoms with Crippen molar-refractivity contribution < 1.29 is 14.3 Å². The van der Waals surface area contributed by atoms with Crippen LogP contribution >= 0.6 is 0 Å². The van der Waals surface area contributed by atoms with Gasteiger partial charge in [0.2, 0.25) is 0 Å². The standard InChI is InChI=1S/C12H20O3/c1-3-5-6-10-8-11(15-12(10)13)9-14-7-4-2/h4,10-11H,2-3,5-9H2,1H3. The van der Waals surface area contributed by atoms with Gasteiger partial charge >= 0.3 is 5.97 Å². The summed E-state index contributed by atoms with van der Waals surface area (Å²) in [4.78, 5) is 11.4. The molecule has 0 aromatic carbocycles. The van der Waals surface area contributed by atoms with Crippen molar-refractivity contribution in [3.05, 3.63) is 12.7 Å². The van der Waals surface area contributed by atoms with Gasteiger partial charge in [0.15, 0.2) is 0 Å². The predicted octanol–water partition coefficient (Wildman–Crippen LogP) is 2.31. The number of carbonyl (C=O) groups excluding carboxylic acids is 1. The van der Waals surface area contributed by atoms with Gasteiger partial charge in [-0.05, 0) is 12.8 Å². The maximum atomic E-state index is 11.4. The van der Waals surface area contributed by atoms with E-state index >= 15 is 0 Å². The molecular formula is C12H20O3. The summed E-state index contributed by atoms with van der Waals surface area (Å²) in [5.41, 5.74) is 0. The van der Waals surface area contributed by atoms with E-state index in [1.165, 1.54) is 0 Å². The zero-order chi connectivity index (χ0) is 11.1.